The Hall–Kier alpha value is -2.18. The van der Waals surface area contributed by atoms with Crippen molar-refractivity contribution in [1.82, 2.24) is 24.6 Å². The van der Waals surface area contributed by atoms with Gasteiger partial charge in [0, 0.05) is 19.5 Å². The van der Waals surface area contributed by atoms with Crippen LogP contribution in [0.25, 0.3) is 11.0 Å². The highest BCUT2D eigenvalue weighted by Crippen LogP contribution is 2.17. The van der Waals surface area contributed by atoms with E-state index in [1.165, 1.54) is 10.9 Å². The Morgan fingerprint density at radius 3 is 2.65 bits per heavy atom. The highest BCUT2D eigenvalue weighted by Gasteiger charge is 2.19. The van der Waals surface area contributed by atoms with E-state index in [0.717, 1.165) is 0 Å². The maximum atomic E-state index is 12.5. The molecule has 1 amide bonds. The zero-order valence-corrected chi connectivity index (χ0v) is 14.5. The van der Waals surface area contributed by atoms with Crippen molar-refractivity contribution < 1.29 is 4.79 Å². The third-order valence-electron chi connectivity index (χ3n) is 3.48. The average Bonchev–Trinajstić information content (AvgIpc) is 2.89. The van der Waals surface area contributed by atoms with Gasteiger partial charge in [0.05, 0.1) is 18.1 Å². The van der Waals surface area contributed by atoms with E-state index in [2.05, 4.69) is 15.4 Å². The molecule has 2 aromatic heterocycles. The van der Waals surface area contributed by atoms with E-state index in [-0.39, 0.29) is 23.4 Å². The highest BCUT2D eigenvalue weighted by molar-refractivity contribution is 5.76. The molecule has 0 bridgehead atoms. The first-order chi connectivity index (χ1) is 10.7. The van der Waals surface area contributed by atoms with Crippen LogP contribution in [0.4, 0.5) is 0 Å². The molecule has 23 heavy (non-hydrogen) atoms. The van der Waals surface area contributed by atoms with Crippen molar-refractivity contribution in [2.24, 2.45) is 5.92 Å². The number of nitrogens with zero attached hydrogens (tertiary/aromatic N) is 4. The largest absolute Gasteiger partial charge is 0.356 e. The molecule has 0 aliphatic rings. The second kappa shape index (κ2) is 6.52. The van der Waals surface area contributed by atoms with Gasteiger partial charge >= 0.3 is 0 Å². The summed E-state index contributed by atoms with van der Waals surface area (Å²) in [6, 6.07) is 0. The van der Waals surface area contributed by atoms with Gasteiger partial charge in [-0.2, -0.15) is 5.10 Å². The first kappa shape index (κ1) is 17.2. The van der Waals surface area contributed by atoms with E-state index in [1.807, 2.05) is 34.6 Å². The normalized spacial score (nSPS) is 12.1. The number of aromatic nitrogens is 4. The van der Waals surface area contributed by atoms with Gasteiger partial charge in [-0.25, -0.2) is 9.67 Å². The van der Waals surface area contributed by atoms with Gasteiger partial charge in [-0.1, -0.05) is 13.8 Å². The Bertz CT molecular complexity index is 752. The number of hydrogen-bond acceptors (Lipinski definition) is 4. The summed E-state index contributed by atoms with van der Waals surface area (Å²) in [6.45, 7) is 11.0. The van der Waals surface area contributed by atoms with Crippen LogP contribution in [0.3, 0.4) is 0 Å². The SMILES string of the molecule is CC(C)CNC(=O)CCn1cnc2c(cnn2C(C)(C)C)c1=O. The maximum absolute atomic E-state index is 12.5. The summed E-state index contributed by atoms with van der Waals surface area (Å²) in [5.74, 6) is 0.346. The van der Waals surface area contributed by atoms with E-state index in [0.29, 0.717) is 30.0 Å². The van der Waals surface area contributed by atoms with Gasteiger partial charge in [0.25, 0.3) is 5.56 Å². The second-order valence-corrected chi connectivity index (χ2v) is 7.16. The third-order valence-corrected chi connectivity index (χ3v) is 3.48. The number of hydrogen-bond donors (Lipinski definition) is 1. The lowest BCUT2D eigenvalue weighted by atomic mass is 10.1. The number of amides is 1. The van der Waals surface area contributed by atoms with Crippen molar-refractivity contribution in [3.63, 3.8) is 0 Å². The van der Waals surface area contributed by atoms with Crippen molar-refractivity contribution in [3.05, 3.63) is 22.9 Å². The molecule has 2 aromatic rings. The molecule has 0 radical (unpaired) electrons. The topological polar surface area (TPSA) is 81.8 Å². The van der Waals surface area contributed by atoms with Gasteiger partial charge < -0.3 is 5.32 Å². The van der Waals surface area contributed by atoms with E-state index in [4.69, 9.17) is 0 Å². The maximum Gasteiger partial charge on any atom is 0.264 e. The molecule has 0 aliphatic heterocycles. The predicted molar refractivity (Wildman–Crippen MR) is 89.2 cm³/mol. The van der Waals surface area contributed by atoms with Crippen molar-refractivity contribution >= 4 is 16.9 Å². The molecule has 0 saturated heterocycles. The molecule has 0 unspecified atom stereocenters. The second-order valence-electron chi connectivity index (χ2n) is 7.16. The first-order valence-corrected chi connectivity index (χ1v) is 7.90. The Morgan fingerprint density at radius 2 is 2.04 bits per heavy atom. The molecular formula is C16H25N5O2. The molecule has 0 saturated carbocycles. The summed E-state index contributed by atoms with van der Waals surface area (Å²) in [5.41, 5.74) is 0.162. The summed E-state index contributed by atoms with van der Waals surface area (Å²) >= 11 is 0. The lowest BCUT2D eigenvalue weighted by Crippen LogP contribution is -2.30. The van der Waals surface area contributed by atoms with Gasteiger partial charge in [0.15, 0.2) is 5.65 Å². The Morgan fingerprint density at radius 1 is 1.35 bits per heavy atom. The Kier molecular flexibility index (Phi) is 4.87. The Balaban J connectivity index is 2.16. The van der Waals surface area contributed by atoms with Gasteiger partial charge in [-0.15, -0.1) is 0 Å². The van der Waals surface area contributed by atoms with Gasteiger partial charge in [0.1, 0.15) is 5.39 Å². The van der Waals surface area contributed by atoms with Crippen LogP contribution >= 0.6 is 0 Å². The minimum atomic E-state index is -0.246. The Labute approximate surface area is 135 Å². The molecule has 0 atom stereocenters. The fraction of sp³-hybridized carbons (Fsp3) is 0.625. The predicted octanol–water partition coefficient (Wildman–Crippen LogP) is 1.51. The van der Waals surface area contributed by atoms with Crippen molar-refractivity contribution in [2.45, 2.75) is 53.1 Å². The number of nitrogens with one attached hydrogen (secondary N) is 1. The number of carbonyl (C=O) groups excluding carboxylic acids is 1. The molecule has 2 heterocycles. The molecule has 0 spiro atoms. The van der Waals surface area contributed by atoms with E-state index >= 15 is 0 Å². The van der Waals surface area contributed by atoms with Crippen LogP contribution in [-0.4, -0.2) is 31.8 Å². The lowest BCUT2D eigenvalue weighted by molar-refractivity contribution is -0.121. The van der Waals surface area contributed by atoms with Gasteiger partial charge in [-0.3, -0.25) is 14.2 Å². The summed E-state index contributed by atoms with van der Waals surface area (Å²) in [7, 11) is 0. The van der Waals surface area contributed by atoms with Crippen LogP contribution < -0.4 is 10.9 Å². The number of carbonyl (C=O) groups is 1. The molecule has 126 valence electrons. The number of rotatable bonds is 5. The van der Waals surface area contributed by atoms with Gasteiger partial charge in [-0.05, 0) is 26.7 Å². The highest BCUT2D eigenvalue weighted by atomic mass is 16.1. The molecule has 0 aromatic carbocycles. The first-order valence-electron chi connectivity index (χ1n) is 7.90. The molecular weight excluding hydrogens is 294 g/mol. The van der Waals surface area contributed by atoms with Crippen molar-refractivity contribution in [3.8, 4) is 0 Å². The standard InChI is InChI=1S/C16H25N5O2/c1-11(2)8-17-13(22)6-7-20-10-18-14-12(15(20)23)9-19-21(14)16(3,4)5/h9-11H,6-8H2,1-5H3,(H,17,22). The van der Waals surface area contributed by atoms with Crippen LogP contribution in [0.15, 0.2) is 17.3 Å². The van der Waals surface area contributed by atoms with Crippen LogP contribution in [-0.2, 0) is 16.9 Å². The zero-order chi connectivity index (χ0) is 17.2. The zero-order valence-electron chi connectivity index (χ0n) is 14.5. The third kappa shape index (κ3) is 3.97. The molecule has 2 rings (SSSR count). The summed E-state index contributed by atoms with van der Waals surface area (Å²) < 4.78 is 3.20. The fourth-order valence-corrected chi connectivity index (χ4v) is 2.23. The van der Waals surface area contributed by atoms with Crippen LogP contribution in [0.1, 0.15) is 41.0 Å². The average molecular weight is 319 g/mol. The van der Waals surface area contributed by atoms with Crippen LogP contribution in [0.5, 0.6) is 0 Å². The van der Waals surface area contributed by atoms with Crippen LogP contribution in [0.2, 0.25) is 0 Å². The smallest absolute Gasteiger partial charge is 0.264 e. The van der Waals surface area contributed by atoms with Crippen molar-refractivity contribution in [2.75, 3.05) is 6.54 Å². The summed E-state index contributed by atoms with van der Waals surface area (Å²) in [4.78, 5) is 28.6. The monoisotopic (exact) mass is 319 g/mol. The molecule has 0 fully saturated rings. The summed E-state index contributed by atoms with van der Waals surface area (Å²) in [5, 5.41) is 7.59. The fourth-order valence-electron chi connectivity index (χ4n) is 2.23. The van der Waals surface area contributed by atoms with Gasteiger partial charge in [0.2, 0.25) is 5.91 Å². The minimum absolute atomic E-state index is 0.0592. The lowest BCUT2D eigenvalue weighted by Gasteiger charge is -2.19. The van der Waals surface area contributed by atoms with Crippen LogP contribution in [0, 0.1) is 5.92 Å². The number of aryl methyl sites for hydroxylation is 1. The molecule has 7 nitrogen and oxygen atoms in total. The number of fused-ring (bicyclic) bond motifs is 1. The van der Waals surface area contributed by atoms with E-state index in [1.54, 1.807) is 10.9 Å². The summed E-state index contributed by atoms with van der Waals surface area (Å²) in [6.07, 6.45) is 3.29. The molecule has 7 heteroatoms. The minimum Gasteiger partial charge on any atom is -0.356 e. The molecule has 0 aliphatic carbocycles. The van der Waals surface area contributed by atoms with Crippen molar-refractivity contribution in [1.29, 1.82) is 0 Å². The van der Waals surface area contributed by atoms with E-state index < -0.39 is 0 Å². The molecule has 1 N–H and O–H groups in total. The quantitative estimate of drug-likeness (QED) is 0.905. The van der Waals surface area contributed by atoms with E-state index in [9.17, 15) is 9.59 Å².